The lowest BCUT2D eigenvalue weighted by atomic mass is 9.88. The zero-order chi connectivity index (χ0) is 14.3. The summed E-state index contributed by atoms with van der Waals surface area (Å²) in [7, 11) is 0. The lowest BCUT2D eigenvalue weighted by molar-refractivity contribution is -0.141. The summed E-state index contributed by atoms with van der Waals surface area (Å²) in [5, 5.41) is 22.6. The molecular formula is C13H14N4O3. The first-order valence-electron chi connectivity index (χ1n) is 6.30. The molecule has 1 aromatic carbocycles. The second kappa shape index (κ2) is 4.52. The van der Waals surface area contributed by atoms with Gasteiger partial charge in [-0.05, 0) is 30.5 Å². The molecule has 1 aliphatic heterocycles. The molecule has 0 spiro atoms. The number of nitrogens with two attached hydrogens (primary N) is 1. The Morgan fingerprint density at radius 2 is 2.00 bits per heavy atom. The minimum atomic E-state index is -0.930. The molecule has 7 heteroatoms. The van der Waals surface area contributed by atoms with Crippen molar-refractivity contribution in [1.82, 2.24) is 14.8 Å². The highest BCUT2D eigenvalue weighted by molar-refractivity contribution is 5.72. The Labute approximate surface area is 114 Å². The van der Waals surface area contributed by atoms with Crippen molar-refractivity contribution in [3.8, 4) is 5.75 Å². The molecule has 2 atom stereocenters. The number of anilines is 1. The van der Waals surface area contributed by atoms with Gasteiger partial charge >= 0.3 is 5.97 Å². The molecule has 20 heavy (non-hydrogen) atoms. The summed E-state index contributed by atoms with van der Waals surface area (Å²) in [5.74, 6) is -0.158. The Balaban J connectivity index is 2.04. The molecule has 1 aliphatic rings. The van der Waals surface area contributed by atoms with Gasteiger partial charge in [0.05, 0.1) is 0 Å². The minimum absolute atomic E-state index is 0.0593. The number of aliphatic carboxylic acids is 1. The highest BCUT2D eigenvalue weighted by Gasteiger charge is 2.34. The van der Waals surface area contributed by atoms with Gasteiger partial charge in [-0.15, -0.1) is 5.10 Å². The number of carboxylic acid groups (broad SMARTS) is 1. The van der Waals surface area contributed by atoms with E-state index in [1.54, 1.807) is 24.3 Å². The predicted molar refractivity (Wildman–Crippen MR) is 70.3 cm³/mol. The standard InChI is InChI=1S/C13H14N4O3/c14-13-15-11-9(7-1-3-8(18)4-2-7)5-6-10(12(19)20)17(11)16-13/h1-4,9-10,18H,5-6H2,(H2,14,16)(H,19,20). The number of nitrogen functional groups attached to an aromatic ring is 1. The fourth-order valence-electron chi connectivity index (χ4n) is 2.65. The van der Waals surface area contributed by atoms with Crippen LogP contribution >= 0.6 is 0 Å². The van der Waals surface area contributed by atoms with Crippen LogP contribution in [-0.4, -0.2) is 30.9 Å². The van der Waals surface area contributed by atoms with E-state index in [4.69, 9.17) is 5.73 Å². The molecule has 2 heterocycles. The molecule has 0 fully saturated rings. The van der Waals surface area contributed by atoms with Crippen molar-refractivity contribution in [2.24, 2.45) is 0 Å². The average molecular weight is 274 g/mol. The molecule has 0 saturated heterocycles. The maximum absolute atomic E-state index is 11.3. The van der Waals surface area contributed by atoms with Crippen LogP contribution in [-0.2, 0) is 4.79 Å². The Bertz CT molecular complexity index is 650. The van der Waals surface area contributed by atoms with Gasteiger partial charge in [-0.1, -0.05) is 12.1 Å². The van der Waals surface area contributed by atoms with Crippen LogP contribution in [0.3, 0.4) is 0 Å². The third kappa shape index (κ3) is 1.97. The van der Waals surface area contributed by atoms with Gasteiger partial charge in [-0.3, -0.25) is 0 Å². The van der Waals surface area contributed by atoms with Gasteiger partial charge in [0, 0.05) is 5.92 Å². The summed E-state index contributed by atoms with van der Waals surface area (Å²) < 4.78 is 1.40. The number of hydrogen-bond donors (Lipinski definition) is 3. The van der Waals surface area contributed by atoms with E-state index in [0.29, 0.717) is 18.7 Å². The molecule has 1 aromatic heterocycles. The number of phenolic OH excluding ortho intramolecular Hbond substituents is 1. The van der Waals surface area contributed by atoms with Crippen LogP contribution in [0.2, 0.25) is 0 Å². The van der Waals surface area contributed by atoms with Gasteiger partial charge in [0.1, 0.15) is 11.6 Å². The van der Waals surface area contributed by atoms with Crippen molar-refractivity contribution >= 4 is 11.9 Å². The summed E-state index contributed by atoms with van der Waals surface area (Å²) in [6, 6.07) is 6.08. The van der Waals surface area contributed by atoms with Crippen LogP contribution in [0.4, 0.5) is 5.95 Å². The van der Waals surface area contributed by atoms with E-state index >= 15 is 0 Å². The van der Waals surface area contributed by atoms with Crippen molar-refractivity contribution in [1.29, 1.82) is 0 Å². The van der Waals surface area contributed by atoms with E-state index in [0.717, 1.165) is 5.56 Å². The fraction of sp³-hybridized carbons (Fsp3) is 0.308. The zero-order valence-corrected chi connectivity index (χ0v) is 10.6. The maximum atomic E-state index is 11.3. The molecule has 0 bridgehead atoms. The number of aromatic hydroxyl groups is 1. The minimum Gasteiger partial charge on any atom is -0.508 e. The largest absolute Gasteiger partial charge is 0.508 e. The number of fused-ring (bicyclic) bond motifs is 1. The highest BCUT2D eigenvalue weighted by Crippen LogP contribution is 2.37. The maximum Gasteiger partial charge on any atom is 0.328 e. The average Bonchev–Trinajstić information content (AvgIpc) is 2.79. The first kappa shape index (κ1) is 12.5. The molecular weight excluding hydrogens is 260 g/mol. The number of hydrogen-bond acceptors (Lipinski definition) is 5. The SMILES string of the molecule is Nc1nc2n(n1)C(C(=O)O)CCC2c1ccc(O)cc1. The van der Waals surface area contributed by atoms with Gasteiger partial charge in [0.25, 0.3) is 0 Å². The van der Waals surface area contributed by atoms with Crippen molar-refractivity contribution in [2.75, 3.05) is 5.73 Å². The van der Waals surface area contributed by atoms with Crippen molar-refractivity contribution < 1.29 is 15.0 Å². The molecule has 0 amide bonds. The molecule has 4 N–H and O–H groups in total. The monoisotopic (exact) mass is 274 g/mol. The van der Waals surface area contributed by atoms with E-state index in [9.17, 15) is 15.0 Å². The van der Waals surface area contributed by atoms with Crippen LogP contribution in [0, 0.1) is 0 Å². The normalized spacial score (nSPS) is 21.4. The number of benzene rings is 1. The quantitative estimate of drug-likeness (QED) is 0.756. The zero-order valence-electron chi connectivity index (χ0n) is 10.6. The molecule has 104 valence electrons. The van der Waals surface area contributed by atoms with Crippen LogP contribution in [0.15, 0.2) is 24.3 Å². The van der Waals surface area contributed by atoms with Crippen LogP contribution in [0.1, 0.15) is 36.2 Å². The summed E-state index contributed by atoms with van der Waals surface area (Å²) in [4.78, 5) is 15.4. The van der Waals surface area contributed by atoms with Gasteiger partial charge < -0.3 is 15.9 Å². The first-order chi connectivity index (χ1) is 9.56. The van der Waals surface area contributed by atoms with Gasteiger partial charge in [-0.25, -0.2) is 9.48 Å². The number of rotatable bonds is 2. The third-order valence-corrected chi connectivity index (χ3v) is 3.59. The van der Waals surface area contributed by atoms with Gasteiger partial charge in [0.2, 0.25) is 5.95 Å². The predicted octanol–water partition coefficient (Wildman–Crippen LogP) is 1.12. The number of aromatic nitrogens is 3. The van der Waals surface area contributed by atoms with Crippen LogP contribution in [0.25, 0.3) is 0 Å². The molecule has 0 aliphatic carbocycles. The molecule has 2 unspecified atom stereocenters. The van der Waals surface area contributed by atoms with Crippen molar-refractivity contribution in [2.45, 2.75) is 24.8 Å². The van der Waals surface area contributed by atoms with E-state index in [2.05, 4.69) is 10.1 Å². The summed E-state index contributed by atoms with van der Waals surface area (Å²) >= 11 is 0. The topological polar surface area (TPSA) is 114 Å². The van der Waals surface area contributed by atoms with Crippen molar-refractivity contribution in [3.63, 3.8) is 0 Å². The molecule has 0 saturated carbocycles. The number of carboxylic acids is 1. The smallest absolute Gasteiger partial charge is 0.328 e. The highest BCUT2D eigenvalue weighted by atomic mass is 16.4. The molecule has 0 radical (unpaired) electrons. The van der Waals surface area contributed by atoms with E-state index in [1.807, 2.05) is 0 Å². The lowest BCUT2D eigenvalue weighted by Crippen LogP contribution is -2.28. The Morgan fingerprint density at radius 3 is 2.65 bits per heavy atom. The summed E-state index contributed by atoms with van der Waals surface area (Å²) in [6.45, 7) is 0. The number of phenols is 1. The van der Waals surface area contributed by atoms with E-state index < -0.39 is 12.0 Å². The Kier molecular flexibility index (Phi) is 2.81. The number of carbonyl (C=O) groups is 1. The second-order valence-electron chi connectivity index (χ2n) is 4.85. The molecule has 3 rings (SSSR count). The van der Waals surface area contributed by atoms with Crippen LogP contribution < -0.4 is 5.73 Å². The fourth-order valence-corrected chi connectivity index (χ4v) is 2.65. The second-order valence-corrected chi connectivity index (χ2v) is 4.85. The van der Waals surface area contributed by atoms with E-state index in [-0.39, 0.29) is 17.6 Å². The summed E-state index contributed by atoms with van der Waals surface area (Å²) in [5.41, 5.74) is 6.57. The Morgan fingerprint density at radius 1 is 1.30 bits per heavy atom. The van der Waals surface area contributed by atoms with Gasteiger partial charge in [-0.2, -0.15) is 4.98 Å². The molecule has 2 aromatic rings. The first-order valence-corrected chi connectivity index (χ1v) is 6.30. The lowest BCUT2D eigenvalue weighted by Gasteiger charge is -2.26. The third-order valence-electron chi connectivity index (χ3n) is 3.59. The van der Waals surface area contributed by atoms with Gasteiger partial charge in [0.15, 0.2) is 6.04 Å². The van der Waals surface area contributed by atoms with E-state index in [1.165, 1.54) is 4.68 Å². The summed E-state index contributed by atoms with van der Waals surface area (Å²) in [6.07, 6.45) is 1.12. The molecule has 7 nitrogen and oxygen atoms in total. The van der Waals surface area contributed by atoms with Crippen LogP contribution in [0.5, 0.6) is 5.75 Å². The Hall–Kier alpha value is -2.57. The van der Waals surface area contributed by atoms with Crippen molar-refractivity contribution in [3.05, 3.63) is 35.7 Å². The number of nitrogens with zero attached hydrogens (tertiary/aromatic N) is 3.